The third kappa shape index (κ3) is 7.16. The second-order valence-corrected chi connectivity index (χ2v) is 17.9. The van der Waals surface area contributed by atoms with Gasteiger partial charge in [0.2, 0.25) is 0 Å². The van der Waals surface area contributed by atoms with Crippen LogP contribution in [0.5, 0.6) is 0 Å². The van der Waals surface area contributed by atoms with E-state index in [9.17, 15) is 0 Å². The Morgan fingerprint density at radius 3 is 1.73 bits per heavy atom. The molecule has 2 heteroatoms. The maximum Gasteiger partial charge on any atom is 0.0547 e. The molecular weight excluding hydrogens is 797 g/mol. The van der Waals surface area contributed by atoms with Crippen molar-refractivity contribution in [3.8, 4) is 50.2 Å². The first-order valence-electron chi connectivity index (χ1n) is 23.6. The van der Waals surface area contributed by atoms with Crippen LogP contribution in [-0.2, 0) is 0 Å². The summed E-state index contributed by atoms with van der Waals surface area (Å²) in [6.07, 6.45) is 6.45. The van der Waals surface area contributed by atoms with Gasteiger partial charge in [-0.05, 0) is 123 Å². The lowest BCUT2D eigenvalue weighted by atomic mass is 9.80. The van der Waals surface area contributed by atoms with Crippen LogP contribution < -0.4 is 4.90 Å². The van der Waals surface area contributed by atoms with Gasteiger partial charge in [-0.15, -0.1) is 0 Å². The topological polar surface area (TPSA) is 8.17 Å². The number of hydrogen-bond donors (Lipinski definition) is 0. The summed E-state index contributed by atoms with van der Waals surface area (Å²) in [6.45, 7) is 0. The molecular formula is C64H50N2. The number of benzene rings is 10. The zero-order valence-corrected chi connectivity index (χ0v) is 37.0. The summed E-state index contributed by atoms with van der Waals surface area (Å²) in [6, 6.07) is 87.3. The van der Waals surface area contributed by atoms with Crippen molar-refractivity contribution >= 4 is 49.6 Å². The summed E-state index contributed by atoms with van der Waals surface area (Å²) in [4.78, 5) is 2.51. The van der Waals surface area contributed by atoms with Crippen molar-refractivity contribution in [1.82, 2.24) is 4.57 Å². The van der Waals surface area contributed by atoms with Gasteiger partial charge in [-0.2, -0.15) is 0 Å². The number of rotatable bonds is 9. The number of anilines is 3. The molecule has 1 aromatic heterocycles. The van der Waals surface area contributed by atoms with Crippen LogP contribution in [0.25, 0.3) is 82.8 Å². The lowest BCUT2D eigenvalue weighted by Crippen LogP contribution is -2.13. The Hall–Kier alpha value is -7.94. The molecule has 0 N–H and O–H groups in total. The Morgan fingerprint density at radius 1 is 0.364 bits per heavy atom. The number of aromatic nitrogens is 1. The smallest absolute Gasteiger partial charge is 0.0547 e. The molecule has 0 unspecified atom stereocenters. The van der Waals surface area contributed by atoms with Gasteiger partial charge in [0.15, 0.2) is 0 Å². The summed E-state index contributed by atoms with van der Waals surface area (Å²) in [5.41, 5.74) is 18.1. The van der Waals surface area contributed by atoms with Crippen LogP contribution in [0.1, 0.15) is 43.6 Å². The number of para-hydroxylation sites is 3. The molecule has 1 heterocycles. The quantitative estimate of drug-likeness (QED) is 0.140. The van der Waals surface area contributed by atoms with E-state index in [0.29, 0.717) is 5.92 Å². The first kappa shape index (κ1) is 39.6. The van der Waals surface area contributed by atoms with Gasteiger partial charge in [0.1, 0.15) is 0 Å². The molecule has 66 heavy (non-hydrogen) atoms. The Morgan fingerprint density at radius 2 is 0.939 bits per heavy atom. The van der Waals surface area contributed by atoms with Crippen molar-refractivity contribution < 1.29 is 0 Å². The van der Waals surface area contributed by atoms with Crippen molar-refractivity contribution in [2.45, 2.75) is 38.0 Å². The van der Waals surface area contributed by atoms with Crippen LogP contribution >= 0.6 is 0 Å². The highest BCUT2D eigenvalue weighted by molar-refractivity contribution is 6.10. The van der Waals surface area contributed by atoms with Gasteiger partial charge in [0, 0.05) is 33.3 Å². The van der Waals surface area contributed by atoms with E-state index in [1.807, 2.05) is 0 Å². The van der Waals surface area contributed by atoms with Crippen LogP contribution in [0.3, 0.4) is 0 Å². The summed E-state index contributed by atoms with van der Waals surface area (Å²) in [7, 11) is 0. The molecule has 10 aromatic carbocycles. The fourth-order valence-corrected chi connectivity index (χ4v) is 10.9. The SMILES string of the molecule is c1ccc(-c2ccc(N(c3ccc(-c4ccc5c6ccccc6n(-c6ccccc6)c5c4)cc3)c3ccccc3-c3cccc4cccc(C5CCCCC5)c34)c(-c3ccccc3)c2)cc1. The molecule has 0 atom stereocenters. The average molecular weight is 847 g/mol. The second kappa shape index (κ2) is 17.2. The minimum atomic E-state index is 0.572. The minimum absolute atomic E-state index is 0.572. The third-order valence-electron chi connectivity index (χ3n) is 14.0. The molecule has 1 aliphatic carbocycles. The number of fused-ring (bicyclic) bond motifs is 4. The summed E-state index contributed by atoms with van der Waals surface area (Å²) in [5.74, 6) is 0.572. The fraction of sp³-hybridized carbons (Fsp3) is 0.0938. The van der Waals surface area contributed by atoms with Gasteiger partial charge in [-0.3, -0.25) is 0 Å². The predicted molar refractivity (Wildman–Crippen MR) is 281 cm³/mol. The van der Waals surface area contributed by atoms with Crippen molar-refractivity contribution in [2.24, 2.45) is 0 Å². The van der Waals surface area contributed by atoms with Gasteiger partial charge in [0.05, 0.1) is 22.4 Å². The van der Waals surface area contributed by atoms with Crippen LogP contribution in [0, 0.1) is 0 Å². The highest BCUT2D eigenvalue weighted by atomic mass is 15.1. The van der Waals surface area contributed by atoms with E-state index in [-0.39, 0.29) is 0 Å². The number of hydrogen-bond acceptors (Lipinski definition) is 1. The molecule has 12 rings (SSSR count). The van der Waals surface area contributed by atoms with Gasteiger partial charge in [0.25, 0.3) is 0 Å². The maximum atomic E-state index is 2.51. The van der Waals surface area contributed by atoms with Gasteiger partial charge in [-0.1, -0.05) is 201 Å². The van der Waals surface area contributed by atoms with Gasteiger partial charge >= 0.3 is 0 Å². The highest BCUT2D eigenvalue weighted by Gasteiger charge is 2.25. The van der Waals surface area contributed by atoms with Crippen LogP contribution in [0.2, 0.25) is 0 Å². The Bertz CT molecular complexity index is 3480. The van der Waals surface area contributed by atoms with Gasteiger partial charge in [-0.25, -0.2) is 0 Å². The minimum Gasteiger partial charge on any atom is -0.309 e. The normalized spacial score (nSPS) is 13.1. The van der Waals surface area contributed by atoms with E-state index < -0.39 is 0 Å². The van der Waals surface area contributed by atoms with Crippen molar-refractivity contribution in [3.63, 3.8) is 0 Å². The molecule has 0 spiro atoms. The van der Waals surface area contributed by atoms with Crippen molar-refractivity contribution in [1.29, 1.82) is 0 Å². The average Bonchev–Trinajstić information content (AvgIpc) is 3.73. The second-order valence-electron chi connectivity index (χ2n) is 17.9. The van der Waals surface area contributed by atoms with Gasteiger partial charge < -0.3 is 9.47 Å². The van der Waals surface area contributed by atoms with E-state index in [2.05, 4.69) is 246 Å². The lowest BCUT2D eigenvalue weighted by Gasteiger charge is -2.31. The molecule has 2 nitrogen and oxygen atoms in total. The molecule has 0 saturated heterocycles. The molecule has 0 amide bonds. The molecule has 1 saturated carbocycles. The molecule has 1 aliphatic rings. The zero-order valence-electron chi connectivity index (χ0n) is 37.0. The first-order chi connectivity index (χ1) is 32.8. The largest absolute Gasteiger partial charge is 0.309 e. The van der Waals surface area contributed by atoms with Crippen LogP contribution in [-0.4, -0.2) is 4.57 Å². The Balaban J connectivity index is 1.05. The van der Waals surface area contributed by atoms with E-state index in [4.69, 9.17) is 0 Å². The standard InChI is InChI=1S/C64H50N2/c1-5-19-45(20-6-1)50-38-42-62(59(43-50)48-23-9-3-10-24-48)65(61-34-16-14-30-56(61)58-32-18-26-49-25-17-31-54(64(49)58)47-21-7-2-8-22-47)53-39-35-46(36-40-53)51-37-41-57-55-29-13-15-33-60(55)66(63(57)44-51)52-27-11-4-12-28-52/h1,3-6,9-20,23-44,47H,2,7-8,21-22H2. The van der Waals surface area contributed by atoms with Crippen molar-refractivity contribution in [3.05, 3.63) is 242 Å². The molecule has 0 bridgehead atoms. The monoisotopic (exact) mass is 846 g/mol. The summed E-state index contributed by atoms with van der Waals surface area (Å²) >= 11 is 0. The molecule has 11 aromatic rings. The predicted octanol–water partition coefficient (Wildman–Crippen LogP) is 18.1. The third-order valence-corrected chi connectivity index (χ3v) is 14.0. The van der Waals surface area contributed by atoms with Crippen LogP contribution in [0.4, 0.5) is 17.1 Å². The summed E-state index contributed by atoms with van der Waals surface area (Å²) in [5, 5.41) is 5.21. The number of nitrogens with zero attached hydrogens (tertiary/aromatic N) is 2. The molecule has 0 aliphatic heterocycles. The van der Waals surface area contributed by atoms with Crippen molar-refractivity contribution in [2.75, 3.05) is 4.90 Å². The van der Waals surface area contributed by atoms with E-state index in [1.54, 1.807) is 0 Å². The maximum absolute atomic E-state index is 2.51. The zero-order chi connectivity index (χ0) is 43.8. The highest BCUT2D eigenvalue weighted by Crippen LogP contribution is 2.49. The van der Waals surface area contributed by atoms with E-state index >= 15 is 0 Å². The van der Waals surface area contributed by atoms with E-state index in [1.165, 1.54) is 115 Å². The molecule has 1 fully saturated rings. The Labute approximate surface area is 387 Å². The molecule has 316 valence electrons. The van der Waals surface area contributed by atoms with Crippen LogP contribution in [0.15, 0.2) is 237 Å². The molecule has 0 radical (unpaired) electrons. The lowest BCUT2D eigenvalue weighted by molar-refractivity contribution is 0.445. The fourth-order valence-electron chi connectivity index (χ4n) is 10.9. The van der Waals surface area contributed by atoms with E-state index in [0.717, 1.165) is 22.7 Å². The Kier molecular flexibility index (Phi) is 10.3. The summed E-state index contributed by atoms with van der Waals surface area (Å²) < 4.78 is 2.40. The first-order valence-corrected chi connectivity index (χ1v) is 23.6.